The van der Waals surface area contributed by atoms with E-state index < -0.39 is 5.69 Å². The topological polar surface area (TPSA) is 82.9 Å². The SMILES string of the molecule is O=c1nc(-c2ccccc2)n2c3cc(-c4ccc5c(c4)c4ccccc4n5-c4nc(-c5ccccc5)c5ccc6ccccc6c5n4)ccc3n(-c3ccccc3)c2n1. The molecule has 0 N–H and O–H groups in total. The lowest BCUT2D eigenvalue weighted by molar-refractivity contribution is 0.957. The van der Waals surface area contributed by atoms with Gasteiger partial charge in [-0.2, -0.15) is 9.97 Å². The molecular formula is C51H31N7O. The Hall–Kier alpha value is -8.23. The summed E-state index contributed by atoms with van der Waals surface area (Å²) in [5.74, 6) is 1.65. The van der Waals surface area contributed by atoms with Gasteiger partial charge >= 0.3 is 5.69 Å². The Kier molecular flexibility index (Phi) is 7.21. The Morgan fingerprint density at radius 3 is 1.83 bits per heavy atom. The summed E-state index contributed by atoms with van der Waals surface area (Å²) in [6.07, 6.45) is 0. The molecule has 0 fully saturated rings. The van der Waals surface area contributed by atoms with E-state index in [0.717, 1.165) is 88.1 Å². The van der Waals surface area contributed by atoms with E-state index in [1.165, 1.54) is 0 Å². The van der Waals surface area contributed by atoms with Crippen molar-refractivity contribution in [3.63, 3.8) is 0 Å². The highest BCUT2D eigenvalue weighted by Crippen LogP contribution is 2.38. The van der Waals surface area contributed by atoms with Crippen LogP contribution < -0.4 is 5.69 Å². The van der Waals surface area contributed by atoms with Crippen molar-refractivity contribution in [1.29, 1.82) is 0 Å². The Morgan fingerprint density at radius 2 is 1.03 bits per heavy atom. The molecule has 0 unspecified atom stereocenters. The van der Waals surface area contributed by atoms with Gasteiger partial charge in [-0.05, 0) is 65.0 Å². The fraction of sp³-hybridized carbons (Fsp3) is 0. The van der Waals surface area contributed by atoms with Crippen LogP contribution in [0.4, 0.5) is 0 Å². The van der Waals surface area contributed by atoms with Crippen molar-refractivity contribution in [2.45, 2.75) is 0 Å². The highest BCUT2D eigenvalue weighted by atomic mass is 16.1. The van der Waals surface area contributed by atoms with Crippen LogP contribution in [-0.4, -0.2) is 33.5 Å². The normalized spacial score (nSPS) is 11.8. The minimum absolute atomic E-state index is 0.499. The van der Waals surface area contributed by atoms with E-state index in [2.05, 4.69) is 136 Å². The van der Waals surface area contributed by atoms with Gasteiger partial charge in [0.25, 0.3) is 0 Å². The predicted octanol–water partition coefficient (Wildman–Crippen LogP) is 11.2. The van der Waals surface area contributed by atoms with Gasteiger partial charge < -0.3 is 0 Å². The molecule has 59 heavy (non-hydrogen) atoms. The van der Waals surface area contributed by atoms with Gasteiger partial charge in [-0.1, -0.05) is 140 Å². The highest BCUT2D eigenvalue weighted by Gasteiger charge is 2.21. The van der Waals surface area contributed by atoms with Crippen LogP contribution >= 0.6 is 0 Å². The number of hydrogen-bond acceptors (Lipinski definition) is 5. The molecule has 0 aliphatic rings. The quantitative estimate of drug-likeness (QED) is 0.163. The van der Waals surface area contributed by atoms with Crippen molar-refractivity contribution < 1.29 is 0 Å². The molecule has 0 atom stereocenters. The van der Waals surface area contributed by atoms with Crippen LogP contribution in [0.1, 0.15) is 0 Å². The summed E-state index contributed by atoms with van der Waals surface area (Å²) in [6.45, 7) is 0. The van der Waals surface area contributed by atoms with Gasteiger partial charge in [-0.25, -0.2) is 14.8 Å². The molecule has 8 nitrogen and oxygen atoms in total. The lowest BCUT2D eigenvalue weighted by atomic mass is 10.0. The molecule has 0 amide bonds. The third kappa shape index (κ3) is 5.13. The van der Waals surface area contributed by atoms with Crippen molar-refractivity contribution in [3.8, 4) is 45.4 Å². The summed E-state index contributed by atoms with van der Waals surface area (Å²) < 4.78 is 6.22. The molecule has 4 aromatic heterocycles. The Morgan fingerprint density at radius 1 is 0.390 bits per heavy atom. The van der Waals surface area contributed by atoms with E-state index in [-0.39, 0.29) is 0 Å². The first kappa shape index (κ1) is 33.0. The molecule has 276 valence electrons. The Labute approximate surface area is 336 Å². The number of benzene rings is 8. The molecule has 12 aromatic rings. The molecule has 0 radical (unpaired) electrons. The maximum Gasteiger partial charge on any atom is 0.372 e. The van der Waals surface area contributed by atoms with E-state index in [4.69, 9.17) is 9.97 Å². The zero-order chi connectivity index (χ0) is 39.0. The first-order chi connectivity index (χ1) is 29.2. The molecule has 0 saturated heterocycles. The van der Waals surface area contributed by atoms with E-state index in [1.807, 2.05) is 75.7 Å². The van der Waals surface area contributed by atoms with E-state index in [9.17, 15) is 4.79 Å². The van der Waals surface area contributed by atoms with Crippen molar-refractivity contribution >= 4 is 60.3 Å². The van der Waals surface area contributed by atoms with Crippen LogP contribution in [0.2, 0.25) is 0 Å². The monoisotopic (exact) mass is 757 g/mol. The van der Waals surface area contributed by atoms with E-state index in [1.54, 1.807) is 0 Å². The largest absolute Gasteiger partial charge is 0.372 e. The number of fused-ring (bicyclic) bond motifs is 9. The lowest BCUT2D eigenvalue weighted by Crippen LogP contribution is -2.16. The summed E-state index contributed by atoms with van der Waals surface area (Å²) in [5.41, 5.74) is 9.91. The maximum atomic E-state index is 13.1. The molecule has 0 aliphatic heterocycles. The number of imidazole rings is 1. The summed E-state index contributed by atoms with van der Waals surface area (Å²) in [4.78, 5) is 32.8. The number of hydrogen-bond donors (Lipinski definition) is 0. The number of rotatable bonds is 5. The zero-order valence-electron chi connectivity index (χ0n) is 31.4. The standard InChI is InChI=1S/C51H31N7O/c59-50-54-48(34-17-6-2-7-18-34)58-45-31-36(26-29-44(45)56(51(58)55-50)37-19-8-3-9-20-37)35-25-28-43-41(30-35)39-22-12-13-23-42(39)57(43)49-52-46(33-15-4-1-5-16-33)40-27-24-32-14-10-11-21-38(32)47(40)53-49/h1-31H. The van der Waals surface area contributed by atoms with Crippen LogP contribution in [0.15, 0.2) is 193 Å². The second-order valence-electron chi connectivity index (χ2n) is 14.7. The number of para-hydroxylation sites is 2. The summed E-state index contributed by atoms with van der Waals surface area (Å²) in [5, 5.41) is 5.42. The van der Waals surface area contributed by atoms with Gasteiger partial charge in [0.15, 0.2) is 5.82 Å². The second kappa shape index (κ2) is 12.9. The maximum absolute atomic E-state index is 13.1. The molecule has 8 heteroatoms. The zero-order valence-corrected chi connectivity index (χ0v) is 31.4. The highest BCUT2D eigenvalue weighted by molar-refractivity contribution is 6.12. The van der Waals surface area contributed by atoms with Crippen molar-refractivity contribution in [2.75, 3.05) is 0 Å². The van der Waals surface area contributed by atoms with Crippen LogP contribution in [0.25, 0.3) is 106 Å². The third-order valence-corrected chi connectivity index (χ3v) is 11.3. The minimum atomic E-state index is -0.537. The first-order valence-corrected chi connectivity index (χ1v) is 19.5. The third-order valence-electron chi connectivity index (χ3n) is 11.3. The van der Waals surface area contributed by atoms with Gasteiger partial charge in [-0.15, -0.1) is 0 Å². The molecule has 0 spiro atoms. The van der Waals surface area contributed by atoms with Crippen LogP contribution in [-0.2, 0) is 0 Å². The van der Waals surface area contributed by atoms with Gasteiger partial charge in [0, 0.05) is 38.4 Å². The molecule has 0 aliphatic carbocycles. The van der Waals surface area contributed by atoms with Crippen molar-refractivity contribution in [1.82, 2.24) is 33.5 Å². The van der Waals surface area contributed by atoms with Gasteiger partial charge in [0.1, 0.15) is 0 Å². The van der Waals surface area contributed by atoms with Gasteiger partial charge in [0.2, 0.25) is 11.7 Å². The number of aromatic nitrogens is 7. The average molecular weight is 758 g/mol. The summed E-state index contributed by atoms with van der Waals surface area (Å²) >= 11 is 0. The van der Waals surface area contributed by atoms with Crippen molar-refractivity contribution in [3.05, 3.63) is 199 Å². The van der Waals surface area contributed by atoms with E-state index in [0.29, 0.717) is 17.6 Å². The fourth-order valence-electron chi connectivity index (χ4n) is 8.70. The number of nitrogens with zero attached hydrogens (tertiary/aromatic N) is 7. The smallest absolute Gasteiger partial charge is 0.278 e. The average Bonchev–Trinajstić information content (AvgIpc) is 3.81. The Bertz CT molecular complexity index is 3680. The summed E-state index contributed by atoms with van der Waals surface area (Å²) in [6, 6.07) is 64.4. The molecule has 4 heterocycles. The van der Waals surface area contributed by atoms with Crippen molar-refractivity contribution in [2.24, 2.45) is 0 Å². The first-order valence-electron chi connectivity index (χ1n) is 19.5. The molecule has 12 rings (SSSR count). The van der Waals surface area contributed by atoms with Crippen LogP contribution in [0.5, 0.6) is 0 Å². The fourth-order valence-corrected chi connectivity index (χ4v) is 8.70. The minimum Gasteiger partial charge on any atom is -0.278 e. The predicted molar refractivity (Wildman–Crippen MR) is 237 cm³/mol. The van der Waals surface area contributed by atoms with E-state index >= 15 is 0 Å². The molecule has 8 aromatic carbocycles. The van der Waals surface area contributed by atoms with Crippen LogP contribution in [0, 0.1) is 0 Å². The second-order valence-corrected chi connectivity index (χ2v) is 14.7. The molecule has 0 bridgehead atoms. The molecule has 0 saturated carbocycles. The van der Waals surface area contributed by atoms with Gasteiger partial charge in [0.05, 0.1) is 33.3 Å². The molecular weight excluding hydrogens is 727 g/mol. The van der Waals surface area contributed by atoms with Crippen LogP contribution in [0.3, 0.4) is 0 Å². The van der Waals surface area contributed by atoms with Gasteiger partial charge in [-0.3, -0.25) is 13.5 Å². The summed E-state index contributed by atoms with van der Waals surface area (Å²) in [7, 11) is 0. The Balaban J connectivity index is 1.10. The lowest BCUT2D eigenvalue weighted by Gasteiger charge is -2.13.